The van der Waals surface area contributed by atoms with E-state index in [0.29, 0.717) is 23.7 Å². The number of nitrogens with one attached hydrogen (secondary N) is 1. The van der Waals surface area contributed by atoms with Gasteiger partial charge in [0.05, 0.1) is 11.0 Å². The Hall–Kier alpha value is -2.30. The fourth-order valence-electron chi connectivity index (χ4n) is 4.36. The highest BCUT2D eigenvalue weighted by atomic mass is 15.4. The van der Waals surface area contributed by atoms with Crippen molar-refractivity contribution in [3.05, 3.63) is 35.9 Å². The Morgan fingerprint density at radius 3 is 2.83 bits per heavy atom. The summed E-state index contributed by atoms with van der Waals surface area (Å²) >= 11 is 0. The molecule has 0 unspecified atom stereocenters. The Morgan fingerprint density at radius 2 is 2.04 bits per heavy atom. The van der Waals surface area contributed by atoms with E-state index in [-0.39, 0.29) is 6.17 Å². The molecule has 4 rings (SSSR count). The van der Waals surface area contributed by atoms with Crippen LogP contribution in [-0.4, -0.2) is 15.5 Å². The zero-order chi connectivity index (χ0) is 16.1. The number of fused-ring (bicyclic) bond motifs is 3. The molecule has 23 heavy (non-hydrogen) atoms. The van der Waals surface area contributed by atoms with Gasteiger partial charge in [-0.2, -0.15) is 0 Å². The third-order valence-corrected chi connectivity index (χ3v) is 5.17. The van der Waals surface area contributed by atoms with Crippen LogP contribution in [0.2, 0.25) is 0 Å². The average molecular weight is 309 g/mol. The van der Waals surface area contributed by atoms with E-state index in [0.717, 1.165) is 23.4 Å². The molecule has 4 atom stereocenters. The second-order valence-electron chi connectivity index (χ2n) is 6.98. The first-order valence-corrected chi connectivity index (χ1v) is 8.29. The first-order valence-electron chi connectivity index (χ1n) is 8.29. The van der Waals surface area contributed by atoms with Crippen molar-refractivity contribution >= 4 is 22.9 Å². The lowest BCUT2D eigenvalue weighted by molar-refractivity contribution is 0.188. The van der Waals surface area contributed by atoms with Gasteiger partial charge in [0.25, 0.3) is 0 Å². The quantitative estimate of drug-likeness (QED) is 0.792. The standard InChI is InChI=1S/C18H23N5/c1-10-8-11(2)15(12(3)9-10)16-21-17(19)22-18-20-13-6-4-5-7-14(13)23(16)18/h4-8,11-12,15-16H,9H2,1-3H3,(H3,19,20,21,22)/t11-,12-,15+,16-/m1/s1. The van der Waals surface area contributed by atoms with Crippen LogP contribution in [0.4, 0.5) is 5.95 Å². The number of para-hydroxylation sites is 2. The lowest BCUT2D eigenvalue weighted by atomic mass is 9.73. The zero-order valence-electron chi connectivity index (χ0n) is 13.8. The molecule has 0 saturated heterocycles. The van der Waals surface area contributed by atoms with E-state index in [4.69, 9.17) is 10.7 Å². The van der Waals surface area contributed by atoms with Crippen LogP contribution in [-0.2, 0) is 0 Å². The van der Waals surface area contributed by atoms with Crippen LogP contribution in [0.3, 0.4) is 0 Å². The van der Waals surface area contributed by atoms with Gasteiger partial charge in [-0.1, -0.05) is 37.6 Å². The normalized spacial score (nSPS) is 30.4. The minimum Gasteiger partial charge on any atom is -0.370 e. The lowest BCUT2D eigenvalue weighted by Crippen LogP contribution is -2.38. The third-order valence-electron chi connectivity index (χ3n) is 5.17. The van der Waals surface area contributed by atoms with Crippen LogP contribution < -0.4 is 11.1 Å². The highest BCUT2D eigenvalue weighted by molar-refractivity contribution is 5.94. The molecule has 0 bridgehead atoms. The minimum absolute atomic E-state index is 0.00648. The molecule has 0 amide bonds. The Bertz CT molecular complexity index is 816. The molecule has 1 aromatic heterocycles. The van der Waals surface area contributed by atoms with Gasteiger partial charge in [0.2, 0.25) is 5.95 Å². The number of hydrogen-bond acceptors (Lipinski definition) is 4. The molecule has 0 radical (unpaired) electrons. The number of anilines is 1. The van der Waals surface area contributed by atoms with Gasteiger partial charge in [0, 0.05) is 5.92 Å². The van der Waals surface area contributed by atoms with Crippen LogP contribution in [0.1, 0.15) is 33.4 Å². The number of imidazole rings is 1. The van der Waals surface area contributed by atoms with Gasteiger partial charge >= 0.3 is 0 Å². The highest BCUT2D eigenvalue weighted by Gasteiger charge is 2.38. The van der Waals surface area contributed by atoms with Gasteiger partial charge in [-0.25, -0.2) is 9.98 Å². The van der Waals surface area contributed by atoms with E-state index in [1.165, 1.54) is 5.57 Å². The molecule has 2 heterocycles. The largest absolute Gasteiger partial charge is 0.370 e. The average Bonchev–Trinajstić information content (AvgIpc) is 2.83. The predicted octanol–water partition coefficient (Wildman–Crippen LogP) is 3.51. The minimum atomic E-state index is -0.00648. The SMILES string of the molecule is CC1=C[C@@H](C)[C@H]([C@@H]2N=C(N)Nc3nc4ccccc4n32)[C@H](C)C1. The summed E-state index contributed by atoms with van der Waals surface area (Å²) in [5.41, 5.74) is 9.62. The molecule has 1 aliphatic heterocycles. The number of aliphatic imine (C=N–C) groups is 1. The van der Waals surface area contributed by atoms with Crippen LogP contribution in [0.15, 0.2) is 40.9 Å². The summed E-state index contributed by atoms with van der Waals surface area (Å²) in [7, 11) is 0. The van der Waals surface area contributed by atoms with Gasteiger partial charge in [0.1, 0.15) is 6.17 Å². The number of hydrogen-bond donors (Lipinski definition) is 2. The summed E-state index contributed by atoms with van der Waals surface area (Å²) in [5, 5.41) is 3.12. The first-order chi connectivity index (χ1) is 11.0. The third kappa shape index (κ3) is 2.22. The summed E-state index contributed by atoms with van der Waals surface area (Å²) in [5.74, 6) is 2.70. The van der Waals surface area contributed by atoms with E-state index in [2.05, 4.69) is 47.8 Å². The maximum Gasteiger partial charge on any atom is 0.212 e. The molecule has 2 aliphatic rings. The predicted molar refractivity (Wildman–Crippen MR) is 94.2 cm³/mol. The van der Waals surface area contributed by atoms with Crippen LogP contribution in [0.5, 0.6) is 0 Å². The van der Waals surface area contributed by atoms with Gasteiger partial charge in [0.15, 0.2) is 5.96 Å². The van der Waals surface area contributed by atoms with Gasteiger partial charge in [-0.3, -0.25) is 9.88 Å². The number of nitrogens with two attached hydrogens (primary N) is 1. The topological polar surface area (TPSA) is 68.2 Å². The number of allylic oxidation sites excluding steroid dienone is 2. The number of nitrogens with zero attached hydrogens (tertiary/aromatic N) is 3. The van der Waals surface area contributed by atoms with Crippen molar-refractivity contribution in [2.24, 2.45) is 28.5 Å². The maximum absolute atomic E-state index is 6.06. The van der Waals surface area contributed by atoms with Crippen LogP contribution in [0, 0.1) is 17.8 Å². The van der Waals surface area contributed by atoms with Crippen molar-refractivity contribution < 1.29 is 0 Å². The first kappa shape index (κ1) is 14.3. The molecular weight excluding hydrogens is 286 g/mol. The van der Waals surface area contributed by atoms with Crippen molar-refractivity contribution in [2.45, 2.75) is 33.4 Å². The Labute approximate surface area is 136 Å². The molecule has 120 valence electrons. The van der Waals surface area contributed by atoms with Crippen molar-refractivity contribution in [1.82, 2.24) is 9.55 Å². The summed E-state index contributed by atoms with van der Waals surface area (Å²) in [4.78, 5) is 9.46. The highest BCUT2D eigenvalue weighted by Crippen LogP contribution is 2.44. The molecule has 2 aromatic rings. The molecule has 0 saturated carbocycles. The van der Waals surface area contributed by atoms with Gasteiger partial charge in [-0.05, 0) is 37.3 Å². The molecule has 5 heteroatoms. The second-order valence-corrected chi connectivity index (χ2v) is 6.98. The van der Waals surface area contributed by atoms with Gasteiger partial charge < -0.3 is 5.73 Å². The molecule has 1 aliphatic carbocycles. The molecule has 0 fully saturated rings. The fourth-order valence-corrected chi connectivity index (χ4v) is 4.36. The van der Waals surface area contributed by atoms with Crippen LogP contribution in [0.25, 0.3) is 11.0 Å². The van der Waals surface area contributed by atoms with Crippen molar-refractivity contribution in [2.75, 3.05) is 5.32 Å². The monoisotopic (exact) mass is 309 g/mol. The second kappa shape index (κ2) is 5.11. The zero-order valence-corrected chi connectivity index (χ0v) is 13.8. The Balaban J connectivity index is 1.87. The molecule has 0 spiro atoms. The molecule has 3 N–H and O–H groups in total. The van der Waals surface area contributed by atoms with Crippen molar-refractivity contribution in [3.8, 4) is 0 Å². The Morgan fingerprint density at radius 1 is 1.26 bits per heavy atom. The van der Waals surface area contributed by atoms with Crippen molar-refractivity contribution in [3.63, 3.8) is 0 Å². The fraction of sp³-hybridized carbons (Fsp3) is 0.444. The number of benzene rings is 1. The summed E-state index contributed by atoms with van der Waals surface area (Å²) < 4.78 is 2.22. The molecule has 1 aromatic carbocycles. The number of rotatable bonds is 1. The molecular formula is C18H23N5. The van der Waals surface area contributed by atoms with Crippen LogP contribution >= 0.6 is 0 Å². The van der Waals surface area contributed by atoms with Crippen molar-refractivity contribution in [1.29, 1.82) is 0 Å². The van der Waals surface area contributed by atoms with E-state index in [1.54, 1.807) is 0 Å². The number of aromatic nitrogens is 2. The van der Waals surface area contributed by atoms with Gasteiger partial charge in [-0.15, -0.1) is 0 Å². The maximum atomic E-state index is 6.06. The van der Waals surface area contributed by atoms with E-state index in [1.807, 2.05) is 18.2 Å². The van der Waals surface area contributed by atoms with E-state index >= 15 is 0 Å². The number of guanidine groups is 1. The molecule has 5 nitrogen and oxygen atoms in total. The van der Waals surface area contributed by atoms with E-state index < -0.39 is 0 Å². The Kier molecular flexibility index (Phi) is 3.18. The summed E-state index contributed by atoms with van der Waals surface area (Å²) in [6.45, 7) is 6.84. The van der Waals surface area contributed by atoms with E-state index in [9.17, 15) is 0 Å². The lowest BCUT2D eigenvalue weighted by Gasteiger charge is -2.39. The summed E-state index contributed by atoms with van der Waals surface area (Å²) in [6, 6.07) is 8.20. The summed E-state index contributed by atoms with van der Waals surface area (Å²) in [6.07, 6.45) is 3.50. The smallest absolute Gasteiger partial charge is 0.212 e.